The molecule has 2 N–H and O–H groups in total. The van der Waals surface area contributed by atoms with E-state index in [9.17, 15) is 0 Å². The van der Waals surface area contributed by atoms with Gasteiger partial charge in [0.2, 0.25) is 0 Å². The highest BCUT2D eigenvalue weighted by molar-refractivity contribution is 9.10. The minimum atomic E-state index is 0.673. The van der Waals surface area contributed by atoms with E-state index in [4.69, 9.17) is 5.73 Å². The SMILES string of the molecule is CCCN(Cc1ccccc1)c1ncc(N)cc1Br. The Balaban J connectivity index is 2.24. The van der Waals surface area contributed by atoms with Gasteiger partial charge in [-0.25, -0.2) is 4.98 Å². The van der Waals surface area contributed by atoms with Crippen molar-refractivity contribution in [3.8, 4) is 0 Å². The number of nitrogen functional groups attached to an aromatic ring is 1. The molecule has 0 saturated heterocycles. The van der Waals surface area contributed by atoms with Gasteiger partial charge in [0.25, 0.3) is 0 Å². The molecule has 0 unspecified atom stereocenters. The number of benzene rings is 1. The predicted octanol–water partition coefficient (Wildman–Crippen LogP) is 3.84. The van der Waals surface area contributed by atoms with Crippen LogP contribution in [0, 0.1) is 0 Å². The van der Waals surface area contributed by atoms with Crippen LogP contribution >= 0.6 is 15.9 Å². The molecular formula is C15H18BrN3. The number of rotatable bonds is 5. The van der Waals surface area contributed by atoms with Crippen LogP contribution in [-0.2, 0) is 6.54 Å². The molecule has 1 aromatic carbocycles. The summed E-state index contributed by atoms with van der Waals surface area (Å²) in [6.07, 6.45) is 2.78. The lowest BCUT2D eigenvalue weighted by Gasteiger charge is -2.24. The van der Waals surface area contributed by atoms with Crippen LogP contribution in [0.5, 0.6) is 0 Å². The van der Waals surface area contributed by atoms with Gasteiger partial charge in [0.05, 0.1) is 16.4 Å². The maximum atomic E-state index is 5.74. The fourth-order valence-corrected chi connectivity index (χ4v) is 2.63. The van der Waals surface area contributed by atoms with Gasteiger partial charge in [0.15, 0.2) is 0 Å². The molecule has 0 amide bonds. The maximum absolute atomic E-state index is 5.74. The smallest absolute Gasteiger partial charge is 0.143 e. The number of halogens is 1. The van der Waals surface area contributed by atoms with Crippen LogP contribution in [0.2, 0.25) is 0 Å². The Morgan fingerprint density at radius 2 is 2.00 bits per heavy atom. The molecule has 0 fully saturated rings. The van der Waals surface area contributed by atoms with E-state index in [-0.39, 0.29) is 0 Å². The predicted molar refractivity (Wildman–Crippen MR) is 84.1 cm³/mol. The molecule has 2 aromatic rings. The highest BCUT2D eigenvalue weighted by atomic mass is 79.9. The summed E-state index contributed by atoms with van der Waals surface area (Å²) in [4.78, 5) is 6.71. The molecule has 0 aliphatic rings. The highest BCUT2D eigenvalue weighted by Crippen LogP contribution is 2.26. The maximum Gasteiger partial charge on any atom is 0.143 e. The van der Waals surface area contributed by atoms with Crippen LogP contribution in [0.3, 0.4) is 0 Å². The minimum absolute atomic E-state index is 0.673. The first-order valence-electron chi connectivity index (χ1n) is 6.40. The van der Waals surface area contributed by atoms with E-state index >= 15 is 0 Å². The lowest BCUT2D eigenvalue weighted by Crippen LogP contribution is -2.24. The summed E-state index contributed by atoms with van der Waals surface area (Å²) in [5, 5.41) is 0. The van der Waals surface area contributed by atoms with E-state index in [0.717, 1.165) is 29.8 Å². The third kappa shape index (κ3) is 3.70. The molecular weight excluding hydrogens is 302 g/mol. The monoisotopic (exact) mass is 319 g/mol. The standard InChI is InChI=1S/C15H18BrN3/c1-2-8-19(11-12-6-4-3-5-7-12)15-14(16)9-13(17)10-18-15/h3-7,9-10H,2,8,11,17H2,1H3. The summed E-state index contributed by atoms with van der Waals surface area (Å²) in [5.41, 5.74) is 7.70. The van der Waals surface area contributed by atoms with Gasteiger partial charge in [-0.15, -0.1) is 0 Å². The molecule has 0 aliphatic carbocycles. The van der Waals surface area contributed by atoms with E-state index in [1.807, 2.05) is 12.1 Å². The number of aromatic nitrogens is 1. The van der Waals surface area contributed by atoms with Gasteiger partial charge in [-0.1, -0.05) is 37.3 Å². The van der Waals surface area contributed by atoms with Gasteiger partial charge in [-0.2, -0.15) is 0 Å². The second-order valence-corrected chi connectivity index (χ2v) is 5.34. The van der Waals surface area contributed by atoms with Crippen LogP contribution in [0.1, 0.15) is 18.9 Å². The first-order chi connectivity index (χ1) is 9.20. The second-order valence-electron chi connectivity index (χ2n) is 4.48. The Kier molecular flexibility index (Phi) is 4.80. The summed E-state index contributed by atoms with van der Waals surface area (Å²) >= 11 is 3.55. The molecule has 0 bridgehead atoms. The first kappa shape index (κ1) is 13.9. The van der Waals surface area contributed by atoms with Crippen LogP contribution < -0.4 is 10.6 Å². The zero-order valence-electron chi connectivity index (χ0n) is 11.0. The lowest BCUT2D eigenvalue weighted by molar-refractivity contribution is 0.753. The number of anilines is 2. The largest absolute Gasteiger partial charge is 0.397 e. The molecule has 1 heterocycles. The molecule has 0 spiro atoms. The summed E-state index contributed by atoms with van der Waals surface area (Å²) in [7, 11) is 0. The van der Waals surface area contributed by atoms with Crippen LogP contribution in [0.15, 0.2) is 47.1 Å². The van der Waals surface area contributed by atoms with Crippen LogP contribution in [0.4, 0.5) is 11.5 Å². The topological polar surface area (TPSA) is 42.2 Å². The van der Waals surface area contributed by atoms with Crippen molar-refractivity contribution in [3.63, 3.8) is 0 Å². The first-order valence-corrected chi connectivity index (χ1v) is 7.20. The van der Waals surface area contributed by atoms with Crippen LogP contribution in [-0.4, -0.2) is 11.5 Å². The van der Waals surface area contributed by atoms with E-state index in [0.29, 0.717) is 5.69 Å². The van der Waals surface area contributed by atoms with Gasteiger partial charge in [0, 0.05) is 13.1 Å². The Morgan fingerprint density at radius 1 is 1.26 bits per heavy atom. The van der Waals surface area contributed by atoms with Gasteiger partial charge in [-0.3, -0.25) is 0 Å². The fourth-order valence-electron chi connectivity index (χ4n) is 2.01. The van der Waals surface area contributed by atoms with E-state index in [1.165, 1.54) is 5.56 Å². The molecule has 19 heavy (non-hydrogen) atoms. The van der Waals surface area contributed by atoms with Crippen LogP contribution in [0.25, 0.3) is 0 Å². The summed E-state index contributed by atoms with van der Waals surface area (Å²) < 4.78 is 0.942. The van der Waals surface area contributed by atoms with E-state index in [2.05, 4.69) is 57.0 Å². The number of pyridine rings is 1. The van der Waals surface area contributed by atoms with Crippen molar-refractivity contribution in [2.24, 2.45) is 0 Å². The summed E-state index contributed by atoms with van der Waals surface area (Å²) in [5.74, 6) is 0.944. The molecule has 0 radical (unpaired) electrons. The molecule has 1 aromatic heterocycles. The van der Waals surface area contributed by atoms with Crippen molar-refractivity contribution in [2.45, 2.75) is 19.9 Å². The number of nitrogens with zero attached hydrogens (tertiary/aromatic N) is 2. The fraction of sp³-hybridized carbons (Fsp3) is 0.267. The summed E-state index contributed by atoms with van der Waals surface area (Å²) in [6, 6.07) is 12.3. The average molecular weight is 320 g/mol. The molecule has 0 saturated carbocycles. The summed E-state index contributed by atoms with van der Waals surface area (Å²) in [6.45, 7) is 3.98. The molecule has 4 heteroatoms. The van der Waals surface area contributed by atoms with Crippen molar-refractivity contribution in [2.75, 3.05) is 17.2 Å². The third-order valence-corrected chi connectivity index (χ3v) is 3.44. The van der Waals surface area contributed by atoms with Gasteiger partial charge in [0.1, 0.15) is 5.82 Å². The molecule has 100 valence electrons. The van der Waals surface area contributed by atoms with E-state index in [1.54, 1.807) is 6.20 Å². The molecule has 0 aliphatic heterocycles. The Labute approximate surface area is 122 Å². The van der Waals surface area contributed by atoms with Gasteiger partial charge >= 0.3 is 0 Å². The zero-order chi connectivity index (χ0) is 13.7. The second kappa shape index (κ2) is 6.57. The zero-order valence-corrected chi connectivity index (χ0v) is 12.6. The molecule has 3 nitrogen and oxygen atoms in total. The third-order valence-electron chi connectivity index (χ3n) is 2.85. The Bertz CT molecular complexity index is 528. The Hall–Kier alpha value is -1.55. The van der Waals surface area contributed by atoms with Gasteiger partial charge in [-0.05, 0) is 34.0 Å². The number of hydrogen-bond acceptors (Lipinski definition) is 3. The number of nitrogens with two attached hydrogens (primary N) is 1. The molecule has 2 rings (SSSR count). The highest BCUT2D eigenvalue weighted by Gasteiger charge is 2.11. The van der Waals surface area contributed by atoms with E-state index < -0.39 is 0 Å². The Morgan fingerprint density at radius 3 is 2.63 bits per heavy atom. The lowest BCUT2D eigenvalue weighted by atomic mass is 10.2. The number of hydrogen-bond donors (Lipinski definition) is 1. The normalized spacial score (nSPS) is 10.4. The van der Waals surface area contributed by atoms with Crippen molar-refractivity contribution in [3.05, 3.63) is 52.6 Å². The molecule has 0 atom stereocenters. The van der Waals surface area contributed by atoms with Crippen molar-refractivity contribution in [1.82, 2.24) is 4.98 Å². The average Bonchev–Trinajstić information content (AvgIpc) is 2.39. The van der Waals surface area contributed by atoms with Crippen molar-refractivity contribution in [1.29, 1.82) is 0 Å². The van der Waals surface area contributed by atoms with Gasteiger partial charge < -0.3 is 10.6 Å². The van der Waals surface area contributed by atoms with Crippen molar-refractivity contribution >= 4 is 27.4 Å². The quantitative estimate of drug-likeness (QED) is 0.910. The minimum Gasteiger partial charge on any atom is -0.397 e. The van der Waals surface area contributed by atoms with Crippen molar-refractivity contribution < 1.29 is 0 Å².